The van der Waals surface area contributed by atoms with Crippen molar-refractivity contribution in [3.63, 3.8) is 0 Å². The second kappa shape index (κ2) is 6.81. The highest BCUT2D eigenvalue weighted by Gasteiger charge is 2.32. The molecule has 1 heterocycles. The molecule has 1 aromatic heterocycles. The van der Waals surface area contributed by atoms with Crippen molar-refractivity contribution in [1.82, 2.24) is 4.98 Å². The number of pyridine rings is 1. The number of anilines is 2. The zero-order valence-corrected chi connectivity index (χ0v) is 16.5. The van der Waals surface area contributed by atoms with Crippen LogP contribution in [0.4, 0.5) is 11.5 Å². The lowest BCUT2D eigenvalue weighted by atomic mass is 10.0. The number of fused-ring (bicyclic) bond motifs is 5. The van der Waals surface area contributed by atoms with E-state index in [1.54, 1.807) is 19.2 Å². The molecule has 1 N–H and O–H groups in total. The standard InChI is InChI=1S/C25H18N2O3/c1-14(28)16-7-3-5-9-20(16)26-25-23-17-12-11-15(30-2)13-19(17)24(29)22(23)18-8-4-6-10-21(18)27-25/h3-13H,1-2H3,(H,26,27). The van der Waals surface area contributed by atoms with Gasteiger partial charge >= 0.3 is 0 Å². The molecule has 146 valence electrons. The Balaban J connectivity index is 1.79. The van der Waals surface area contributed by atoms with Gasteiger partial charge in [-0.2, -0.15) is 0 Å². The summed E-state index contributed by atoms with van der Waals surface area (Å²) in [7, 11) is 1.58. The summed E-state index contributed by atoms with van der Waals surface area (Å²) >= 11 is 0. The van der Waals surface area contributed by atoms with Gasteiger partial charge in [-0.3, -0.25) is 9.59 Å². The van der Waals surface area contributed by atoms with Crippen LogP contribution in [0.1, 0.15) is 33.2 Å². The third kappa shape index (κ3) is 2.67. The van der Waals surface area contributed by atoms with Gasteiger partial charge in [-0.05, 0) is 48.9 Å². The summed E-state index contributed by atoms with van der Waals surface area (Å²) in [6, 6.07) is 20.4. The van der Waals surface area contributed by atoms with Crippen molar-refractivity contribution < 1.29 is 14.3 Å². The van der Waals surface area contributed by atoms with Crippen molar-refractivity contribution in [2.75, 3.05) is 12.4 Å². The highest BCUT2D eigenvalue weighted by Crippen LogP contribution is 2.45. The van der Waals surface area contributed by atoms with Gasteiger partial charge in [-0.1, -0.05) is 30.3 Å². The van der Waals surface area contributed by atoms with E-state index in [9.17, 15) is 9.59 Å². The lowest BCUT2D eigenvalue weighted by molar-refractivity contribution is 0.101. The smallest absolute Gasteiger partial charge is 0.195 e. The lowest BCUT2D eigenvalue weighted by Crippen LogP contribution is -2.04. The number of hydrogen-bond donors (Lipinski definition) is 1. The number of hydrogen-bond acceptors (Lipinski definition) is 5. The molecule has 5 nitrogen and oxygen atoms in total. The van der Waals surface area contributed by atoms with Crippen molar-refractivity contribution in [3.05, 3.63) is 83.4 Å². The largest absolute Gasteiger partial charge is 0.497 e. The Morgan fingerprint density at radius 3 is 2.50 bits per heavy atom. The summed E-state index contributed by atoms with van der Waals surface area (Å²) < 4.78 is 5.32. The molecular weight excluding hydrogens is 376 g/mol. The first-order valence-electron chi connectivity index (χ1n) is 9.61. The zero-order valence-electron chi connectivity index (χ0n) is 16.5. The third-order valence-electron chi connectivity index (χ3n) is 5.42. The van der Waals surface area contributed by atoms with Gasteiger partial charge in [-0.25, -0.2) is 4.98 Å². The molecule has 0 spiro atoms. The Labute approximate surface area is 173 Å². The predicted molar refractivity (Wildman–Crippen MR) is 117 cm³/mol. The van der Waals surface area contributed by atoms with E-state index in [-0.39, 0.29) is 11.6 Å². The fourth-order valence-electron chi connectivity index (χ4n) is 4.02. The Bertz CT molecular complexity index is 1360. The number of Topliss-reactive ketones (excluding diaryl/α,β-unsaturated/α-hetero) is 1. The number of nitrogens with one attached hydrogen (secondary N) is 1. The van der Waals surface area contributed by atoms with Crippen LogP contribution in [-0.2, 0) is 0 Å². The van der Waals surface area contributed by atoms with Crippen LogP contribution in [0.15, 0.2) is 66.7 Å². The highest BCUT2D eigenvalue weighted by atomic mass is 16.5. The molecule has 0 fully saturated rings. The van der Waals surface area contributed by atoms with Crippen molar-refractivity contribution >= 4 is 34.0 Å². The van der Waals surface area contributed by atoms with E-state index in [1.165, 1.54) is 6.92 Å². The van der Waals surface area contributed by atoms with Gasteiger partial charge in [0, 0.05) is 27.6 Å². The molecule has 0 bridgehead atoms. The van der Waals surface area contributed by atoms with E-state index in [1.807, 2.05) is 54.6 Å². The van der Waals surface area contributed by atoms with E-state index in [0.717, 1.165) is 16.5 Å². The van der Waals surface area contributed by atoms with E-state index < -0.39 is 0 Å². The highest BCUT2D eigenvalue weighted by molar-refractivity contribution is 6.29. The van der Waals surface area contributed by atoms with Gasteiger partial charge in [-0.15, -0.1) is 0 Å². The minimum Gasteiger partial charge on any atom is -0.497 e. The zero-order chi connectivity index (χ0) is 20.8. The molecular formula is C25H18N2O3. The van der Waals surface area contributed by atoms with Crippen LogP contribution >= 0.6 is 0 Å². The molecule has 0 saturated carbocycles. The Kier molecular flexibility index (Phi) is 4.10. The van der Waals surface area contributed by atoms with Crippen molar-refractivity contribution in [2.45, 2.75) is 6.92 Å². The number of benzene rings is 3. The summed E-state index contributed by atoms with van der Waals surface area (Å²) in [6.45, 7) is 1.53. The first-order chi connectivity index (χ1) is 14.6. The first-order valence-corrected chi connectivity index (χ1v) is 9.61. The lowest BCUT2D eigenvalue weighted by Gasteiger charge is -2.15. The summed E-state index contributed by atoms with van der Waals surface area (Å²) in [5, 5.41) is 4.12. The maximum Gasteiger partial charge on any atom is 0.195 e. The molecule has 0 unspecified atom stereocenters. The minimum absolute atomic E-state index is 0.0447. The van der Waals surface area contributed by atoms with E-state index in [4.69, 9.17) is 9.72 Å². The molecule has 4 aromatic rings. The average Bonchev–Trinajstić information content (AvgIpc) is 3.06. The maximum absolute atomic E-state index is 13.4. The van der Waals surface area contributed by atoms with Crippen molar-refractivity contribution in [3.8, 4) is 16.9 Å². The molecule has 5 heteroatoms. The normalized spacial score (nSPS) is 11.9. The van der Waals surface area contributed by atoms with Crippen LogP contribution in [0, 0.1) is 0 Å². The van der Waals surface area contributed by atoms with Gasteiger partial charge in [0.2, 0.25) is 0 Å². The first kappa shape index (κ1) is 18.1. The van der Waals surface area contributed by atoms with Gasteiger partial charge in [0.15, 0.2) is 11.6 Å². The molecule has 0 radical (unpaired) electrons. The van der Waals surface area contributed by atoms with Crippen LogP contribution < -0.4 is 10.1 Å². The SMILES string of the molecule is COc1ccc2c(c1)C(=O)c1c-2c(Nc2ccccc2C(C)=O)nc2ccccc12. The predicted octanol–water partition coefficient (Wildman–Crippen LogP) is 5.40. The van der Waals surface area contributed by atoms with Crippen LogP contribution in [0.5, 0.6) is 5.75 Å². The maximum atomic E-state index is 13.4. The molecule has 3 aromatic carbocycles. The number of rotatable bonds is 4. The van der Waals surface area contributed by atoms with Gasteiger partial charge in [0.1, 0.15) is 11.6 Å². The topological polar surface area (TPSA) is 68.3 Å². The number of nitrogens with zero attached hydrogens (tertiary/aromatic N) is 1. The number of ether oxygens (including phenoxy) is 1. The van der Waals surface area contributed by atoms with Crippen LogP contribution in [0.3, 0.4) is 0 Å². The third-order valence-corrected chi connectivity index (χ3v) is 5.42. The fourth-order valence-corrected chi connectivity index (χ4v) is 4.02. The molecule has 0 atom stereocenters. The quantitative estimate of drug-likeness (QED) is 0.413. The van der Waals surface area contributed by atoms with Gasteiger partial charge in [0.25, 0.3) is 0 Å². The Morgan fingerprint density at radius 1 is 0.933 bits per heavy atom. The van der Waals surface area contributed by atoms with Gasteiger partial charge < -0.3 is 10.1 Å². The molecule has 1 aliphatic carbocycles. The molecule has 1 aliphatic rings. The number of ketones is 2. The van der Waals surface area contributed by atoms with Crippen molar-refractivity contribution in [1.29, 1.82) is 0 Å². The Morgan fingerprint density at radius 2 is 1.70 bits per heavy atom. The van der Waals surface area contributed by atoms with Gasteiger partial charge in [0.05, 0.1) is 18.3 Å². The summed E-state index contributed by atoms with van der Waals surface area (Å²) in [5.74, 6) is 1.08. The molecule has 5 rings (SSSR count). The molecule has 0 aliphatic heterocycles. The summed E-state index contributed by atoms with van der Waals surface area (Å²) in [4.78, 5) is 30.3. The fraction of sp³-hybridized carbons (Fsp3) is 0.0800. The number of aromatic nitrogens is 1. The Hall–Kier alpha value is -3.99. The number of para-hydroxylation sites is 2. The summed E-state index contributed by atoms with van der Waals surface area (Å²) in [5.41, 5.74) is 4.70. The van der Waals surface area contributed by atoms with Crippen LogP contribution in [0.2, 0.25) is 0 Å². The van der Waals surface area contributed by atoms with E-state index in [2.05, 4.69) is 5.32 Å². The molecule has 0 saturated heterocycles. The number of carbonyl (C=O) groups is 2. The second-order valence-corrected chi connectivity index (χ2v) is 7.19. The second-order valence-electron chi connectivity index (χ2n) is 7.19. The van der Waals surface area contributed by atoms with Crippen molar-refractivity contribution in [2.24, 2.45) is 0 Å². The number of methoxy groups -OCH3 is 1. The average molecular weight is 394 g/mol. The molecule has 0 amide bonds. The minimum atomic E-state index is -0.0552. The molecule has 30 heavy (non-hydrogen) atoms. The monoisotopic (exact) mass is 394 g/mol. The van der Waals surface area contributed by atoms with E-state index >= 15 is 0 Å². The number of carbonyl (C=O) groups excluding carboxylic acids is 2. The van der Waals surface area contributed by atoms with E-state index in [0.29, 0.717) is 39.5 Å². The summed E-state index contributed by atoms with van der Waals surface area (Å²) in [6.07, 6.45) is 0. The van der Waals surface area contributed by atoms with Crippen LogP contribution in [-0.4, -0.2) is 23.7 Å². The van der Waals surface area contributed by atoms with Crippen LogP contribution in [0.25, 0.3) is 22.0 Å².